The van der Waals surface area contributed by atoms with Gasteiger partial charge in [-0.05, 0) is 83.9 Å². The fourth-order valence-electron chi connectivity index (χ4n) is 4.23. The van der Waals surface area contributed by atoms with E-state index in [9.17, 15) is 9.50 Å². The van der Waals surface area contributed by atoms with E-state index < -0.39 is 11.4 Å². The van der Waals surface area contributed by atoms with Crippen LogP contribution in [0.1, 0.15) is 39.3 Å². The van der Waals surface area contributed by atoms with E-state index in [0.717, 1.165) is 31.3 Å². The Morgan fingerprint density at radius 3 is 2.66 bits per heavy atom. The molecule has 0 aliphatic carbocycles. The summed E-state index contributed by atoms with van der Waals surface area (Å²) < 4.78 is 20.0. The van der Waals surface area contributed by atoms with Gasteiger partial charge in [-0.15, -0.1) is 0 Å². The molecule has 3 heterocycles. The predicted molar refractivity (Wildman–Crippen MR) is 125 cm³/mol. The molecule has 1 aromatic carbocycles. The maximum atomic E-state index is 14.4. The third-order valence-corrected chi connectivity index (χ3v) is 6.18. The number of rotatable bonds is 6. The lowest BCUT2D eigenvalue weighted by atomic mass is 9.79. The maximum Gasteiger partial charge on any atom is 0.146 e. The largest absolute Gasteiger partial charge is 0.491 e. The number of nitrogens with one attached hydrogen (secondary N) is 1. The first-order valence-electron chi connectivity index (χ1n) is 11.1. The van der Waals surface area contributed by atoms with Gasteiger partial charge in [0.15, 0.2) is 0 Å². The number of aromatic nitrogens is 2. The van der Waals surface area contributed by atoms with Crippen molar-refractivity contribution >= 4 is 22.4 Å². The number of fused-ring (bicyclic) bond motifs is 1. The number of nitrogens with zero attached hydrogens (tertiary/aromatic N) is 3. The number of piperidine rings is 1. The topological polar surface area (TPSA) is 70.5 Å². The highest BCUT2D eigenvalue weighted by Gasteiger charge is 2.36. The Morgan fingerprint density at radius 2 is 1.94 bits per heavy atom. The number of pyridine rings is 2. The molecule has 0 amide bonds. The van der Waals surface area contributed by atoms with E-state index in [2.05, 4.69) is 22.2 Å². The highest BCUT2D eigenvalue weighted by atomic mass is 19.1. The summed E-state index contributed by atoms with van der Waals surface area (Å²) in [5.41, 5.74) is 0.615. The zero-order chi connectivity index (χ0) is 22.9. The molecule has 0 unspecified atom stereocenters. The molecule has 0 bridgehead atoms. The minimum Gasteiger partial charge on any atom is -0.491 e. The van der Waals surface area contributed by atoms with E-state index in [0.29, 0.717) is 22.8 Å². The van der Waals surface area contributed by atoms with Gasteiger partial charge in [-0.3, -0.25) is 0 Å². The molecule has 4 rings (SSSR count). The molecule has 3 aromatic rings. The molecule has 1 fully saturated rings. The van der Waals surface area contributed by atoms with E-state index in [1.54, 1.807) is 24.4 Å². The summed E-state index contributed by atoms with van der Waals surface area (Å²) in [4.78, 5) is 11.4. The van der Waals surface area contributed by atoms with Gasteiger partial charge in [-0.1, -0.05) is 0 Å². The minimum atomic E-state index is -1.01. The summed E-state index contributed by atoms with van der Waals surface area (Å²) in [5.74, 6) is 0.816. The van der Waals surface area contributed by atoms with Crippen LogP contribution < -0.4 is 10.1 Å². The van der Waals surface area contributed by atoms with Crippen LogP contribution in [0.3, 0.4) is 0 Å². The molecule has 32 heavy (non-hydrogen) atoms. The molecule has 0 saturated carbocycles. The molecule has 1 atom stereocenters. The highest BCUT2D eigenvalue weighted by molar-refractivity contribution is 5.81. The monoisotopic (exact) mass is 438 g/mol. The van der Waals surface area contributed by atoms with Gasteiger partial charge in [0.05, 0.1) is 23.0 Å². The fraction of sp³-hybridized carbons (Fsp3) is 0.440. The minimum absolute atomic E-state index is 0.00733. The van der Waals surface area contributed by atoms with E-state index >= 15 is 0 Å². The first-order valence-corrected chi connectivity index (χ1v) is 11.1. The van der Waals surface area contributed by atoms with E-state index in [-0.39, 0.29) is 17.7 Å². The lowest BCUT2D eigenvalue weighted by Gasteiger charge is -2.38. The Labute approximate surface area is 188 Å². The Hall–Kier alpha value is -2.77. The second-order valence-electron chi connectivity index (χ2n) is 9.12. The van der Waals surface area contributed by atoms with Crippen molar-refractivity contribution in [2.75, 3.05) is 25.5 Å². The Balaban J connectivity index is 1.60. The van der Waals surface area contributed by atoms with Gasteiger partial charge < -0.3 is 20.1 Å². The number of hydrogen-bond donors (Lipinski definition) is 2. The predicted octanol–water partition coefficient (Wildman–Crippen LogP) is 4.85. The van der Waals surface area contributed by atoms with Crippen LogP contribution >= 0.6 is 0 Å². The standard InChI is InChI=1S/C25H31FN4O2/c1-16(2)32-19-6-7-20(26)22(13-19)29-24-14-21-17(15-27-24)5-8-23(28-21)25(3,31)18-9-11-30(4)12-10-18/h5-8,13-16,18,31H,9-12H2,1-4H3,(H,27,29)/t25-/m1/s1. The van der Waals surface area contributed by atoms with E-state index in [1.165, 1.54) is 6.07 Å². The number of halogens is 1. The van der Waals surface area contributed by atoms with E-state index in [1.807, 2.05) is 32.9 Å². The first kappa shape index (κ1) is 22.4. The number of likely N-dealkylation sites (tertiary alicyclic amines) is 1. The summed E-state index contributed by atoms with van der Waals surface area (Å²) >= 11 is 0. The highest BCUT2D eigenvalue weighted by Crippen LogP contribution is 2.36. The maximum absolute atomic E-state index is 14.4. The lowest BCUT2D eigenvalue weighted by Crippen LogP contribution is -2.41. The second-order valence-corrected chi connectivity index (χ2v) is 9.12. The van der Waals surface area contributed by atoms with Crippen LogP contribution in [-0.2, 0) is 5.60 Å². The van der Waals surface area contributed by atoms with Crippen molar-refractivity contribution in [2.45, 2.75) is 45.3 Å². The first-order chi connectivity index (χ1) is 15.2. The summed E-state index contributed by atoms with van der Waals surface area (Å²) in [6, 6.07) is 10.2. The average Bonchev–Trinajstić information content (AvgIpc) is 2.75. The van der Waals surface area contributed by atoms with Crippen molar-refractivity contribution < 1.29 is 14.2 Å². The quantitative estimate of drug-likeness (QED) is 0.573. The van der Waals surface area contributed by atoms with Crippen LogP contribution in [0, 0.1) is 11.7 Å². The van der Waals surface area contributed by atoms with Crippen LogP contribution in [-0.4, -0.2) is 46.2 Å². The van der Waals surface area contributed by atoms with Gasteiger partial charge in [0.2, 0.25) is 0 Å². The second kappa shape index (κ2) is 9.00. The van der Waals surface area contributed by atoms with Crippen molar-refractivity contribution in [3.05, 3.63) is 54.1 Å². The van der Waals surface area contributed by atoms with Crippen LogP contribution in [0.4, 0.5) is 15.9 Å². The molecule has 1 aliphatic rings. The van der Waals surface area contributed by atoms with Crippen LogP contribution in [0.5, 0.6) is 5.75 Å². The number of anilines is 2. The van der Waals surface area contributed by atoms with Crippen molar-refractivity contribution in [3.63, 3.8) is 0 Å². The Bertz CT molecular complexity index is 1090. The molecule has 0 spiro atoms. The number of ether oxygens (including phenoxy) is 1. The van der Waals surface area contributed by atoms with Crippen molar-refractivity contribution in [2.24, 2.45) is 5.92 Å². The van der Waals surface area contributed by atoms with Crippen LogP contribution in [0.15, 0.2) is 42.6 Å². The Kier molecular flexibility index (Phi) is 6.31. The van der Waals surface area contributed by atoms with Gasteiger partial charge in [-0.2, -0.15) is 0 Å². The summed E-state index contributed by atoms with van der Waals surface area (Å²) in [6.45, 7) is 7.64. The Morgan fingerprint density at radius 1 is 1.19 bits per heavy atom. The van der Waals surface area contributed by atoms with E-state index in [4.69, 9.17) is 9.72 Å². The van der Waals surface area contributed by atoms with Gasteiger partial charge in [0.25, 0.3) is 0 Å². The van der Waals surface area contributed by atoms with Gasteiger partial charge in [-0.25, -0.2) is 14.4 Å². The molecule has 1 saturated heterocycles. The summed E-state index contributed by atoms with van der Waals surface area (Å²) in [5, 5.41) is 15.2. The van der Waals surface area contributed by atoms with Crippen molar-refractivity contribution in [3.8, 4) is 5.75 Å². The van der Waals surface area contributed by atoms with Gasteiger partial charge >= 0.3 is 0 Å². The van der Waals surface area contributed by atoms with Gasteiger partial charge in [0, 0.05) is 23.7 Å². The van der Waals surface area contributed by atoms with Crippen LogP contribution in [0.25, 0.3) is 10.9 Å². The zero-order valence-corrected chi connectivity index (χ0v) is 19.1. The molecule has 0 radical (unpaired) electrons. The number of aliphatic hydroxyl groups is 1. The average molecular weight is 439 g/mol. The molecule has 7 heteroatoms. The SMILES string of the molecule is CC(C)Oc1ccc(F)c(Nc2cc3nc([C@](C)(O)C4CCN(C)CC4)ccc3cn2)c1. The lowest BCUT2D eigenvalue weighted by molar-refractivity contribution is -0.0334. The molecule has 2 aromatic heterocycles. The summed E-state index contributed by atoms with van der Waals surface area (Å²) in [7, 11) is 2.11. The van der Waals surface area contributed by atoms with Crippen LogP contribution in [0.2, 0.25) is 0 Å². The molecule has 6 nitrogen and oxygen atoms in total. The van der Waals surface area contributed by atoms with Gasteiger partial charge in [0.1, 0.15) is 23.0 Å². The third-order valence-electron chi connectivity index (χ3n) is 6.18. The summed E-state index contributed by atoms with van der Waals surface area (Å²) in [6.07, 6.45) is 3.55. The van der Waals surface area contributed by atoms with Crippen molar-refractivity contribution in [1.29, 1.82) is 0 Å². The normalized spacial score (nSPS) is 17.5. The third kappa shape index (κ3) is 4.84. The number of benzene rings is 1. The molecular weight excluding hydrogens is 407 g/mol. The fourth-order valence-corrected chi connectivity index (χ4v) is 4.23. The van der Waals surface area contributed by atoms with Crippen molar-refractivity contribution in [1.82, 2.24) is 14.9 Å². The molecule has 2 N–H and O–H groups in total. The number of hydrogen-bond acceptors (Lipinski definition) is 6. The zero-order valence-electron chi connectivity index (χ0n) is 19.1. The smallest absolute Gasteiger partial charge is 0.146 e. The molecule has 1 aliphatic heterocycles. The molecule has 170 valence electrons. The molecular formula is C25H31FN4O2.